The van der Waals surface area contributed by atoms with E-state index in [1.165, 1.54) is 6.07 Å². The van der Waals surface area contributed by atoms with Crippen LogP contribution in [0.25, 0.3) is 34.3 Å². The van der Waals surface area contributed by atoms with Crippen LogP contribution in [0.3, 0.4) is 0 Å². The number of nitrogens with zero attached hydrogens (tertiary/aromatic N) is 2. The molecule has 5 rings (SSSR count). The fourth-order valence-electron chi connectivity index (χ4n) is 4.19. The first-order valence-electron chi connectivity index (χ1n) is 11.1. The zero-order chi connectivity index (χ0) is 24.5. The number of rotatable bonds is 5. The Labute approximate surface area is 203 Å². The molecule has 0 saturated carbocycles. The van der Waals surface area contributed by atoms with Crippen LogP contribution in [0, 0.1) is 5.82 Å². The summed E-state index contributed by atoms with van der Waals surface area (Å²) in [7, 11) is 0. The van der Waals surface area contributed by atoms with E-state index >= 15 is 0 Å². The van der Waals surface area contributed by atoms with Crippen molar-refractivity contribution in [1.82, 2.24) is 20.2 Å². The van der Waals surface area contributed by atoms with E-state index in [0.29, 0.717) is 38.8 Å². The van der Waals surface area contributed by atoms with Gasteiger partial charge in [0.1, 0.15) is 11.3 Å². The molecule has 3 N–H and O–H groups in total. The average molecular weight is 494 g/mol. The minimum atomic E-state index is -0.644. The predicted molar refractivity (Wildman–Crippen MR) is 132 cm³/mol. The molecule has 2 aromatic heterocycles. The number of fused-ring (bicyclic) bond motifs is 2. The Morgan fingerprint density at radius 2 is 2.00 bits per heavy atom. The largest absolute Gasteiger partial charge is 0.450 e. The van der Waals surface area contributed by atoms with Gasteiger partial charge < -0.3 is 9.72 Å². The van der Waals surface area contributed by atoms with Crippen LogP contribution < -0.4 is 21.3 Å². The van der Waals surface area contributed by atoms with Gasteiger partial charge in [-0.2, -0.15) is 5.10 Å². The van der Waals surface area contributed by atoms with Gasteiger partial charge in [-0.25, -0.2) is 19.3 Å². The first-order valence-corrected chi connectivity index (χ1v) is 11.5. The third kappa shape index (κ3) is 4.54. The normalized spacial score (nSPS) is 12.5. The van der Waals surface area contributed by atoms with Crippen LogP contribution in [0.15, 0.2) is 35.1 Å². The van der Waals surface area contributed by atoms with Crippen molar-refractivity contribution in [2.24, 2.45) is 0 Å². The van der Waals surface area contributed by atoms with Crippen molar-refractivity contribution >= 4 is 46.8 Å². The van der Waals surface area contributed by atoms with Gasteiger partial charge in [-0.05, 0) is 55.2 Å². The van der Waals surface area contributed by atoms with E-state index in [-0.39, 0.29) is 18.1 Å². The SMILES string of the molecule is CCOC(=O)Nc1nc2c(Cl)cc(-c3cc(Cc4n[nH]c(=O)c5c4=CCCC=5)ccc3F)cc2[nH]1. The average Bonchev–Trinajstić information content (AvgIpc) is 3.25. The lowest BCUT2D eigenvalue weighted by Gasteiger charge is -2.09. The lowest BCUT2D eigenvalue weighted by atomic mass is 9.98. The van der Waals surface area contributed by atoms with Crippen LogP contribution in [0.1, 0.15) is 31.0 Å². The Kier molecular flexibility index (Phi) is 6.08. The standard InChI is InChI=1S/C25H21ClFN5O3/c1-2-35-25(34)30-24-28-21-12-14(11-18(26)22(21)29-24)17-9-13(7-8-19(17)27)10-20-15-5-3-4-6-16(15)23(33)32-31-20/h5-9,11-12H,2-4,10H2,1H3,(H,32,33)(H2,28,29,30,34). The number of nitrogens with one attached hydrogen (secondary N) is 3. The fraction of sp³-hybridized carbons (Fsp3) is 0.200. The summed E-state index contributed by atoms with van der Waals surface area (Å²) >= 11 is 6.44. The monoisotopic (exact) mass is 493 g/mol. The zero-order valence-electron chi connectivity index (χ0n) is 18.7. The second kappa shape index (κ2) is 9.34. The summed E-state index contributed by atoms with van der Waals surface area (Å²) in [5.74, 6) is -0.237. The van der Waals surface area contributed by atoms with Gasteiger partial charge in [-0.15, -0.1) is 0 Å². The van der Waals surface area contributed by atoms with Crippen LogP contribution in [-0.4, -0.2) is 32.9 Å². The van der Waals surface area contributed by atoms with E-state index < -0.39 is 11.9 Å². The molecule has 0 saturated heterocycles. The van der Waals surface area contributed by atoms with Crippen LogP contribution in [0.5, 0.6) is 0 Å². The molecule has 1 amide bonds. The molecule has 0 aliphatic heterocycles. The number of carbonyl (C=O) groups excluding carboxylic acids is 1. The second-order valence-corrected chi connectivity index (χ2v) is 8.50. The van der Waals surface area contributed by atoms with E-state index in [4.69, 9.17) is 16.3 Å². The lowest BCUT2D eigenvalue weighted by Crippen LogP contribution is -2.45. The number of aromatic amines is 2. The van der Waals surface area contributed by atoms with Gasteiger partial charge >= 0.3 is 6.09 Å². The van der Waals surface area contributed by atoms with Gasteiger partial charge in [0.2, 0.25) is 5.95 Å². The van der Waals surface area contributed by atoms with Crippen LogP contribution in [0.2, 0.25) is 5.02 Å². The number of H-pyrrole nitrogens is 2. The molecule has 0 atom stereocenters. The fourth-order valence-corrected chi connectivity index (χ4v) is 4.45. The first kappa shape index (κ1) is 22.8. The Hall–Kier alpha value is -3.98. The highest BCUT2D eigenvalue weighted by Gasteiger charge is 2.15. The van der Waals surface area contributed by atoms with Crippen LogP contribution >= 0.6 is 11.6 Å². The van der Waals surface area contributed by atoms with E-state index in [0.717, 1.165) is 29.3 Å². The summed E-state index contributed by atoms with van der Waals surface area (Å²) in [6.07, 6.45) is 5.37. The number of carbonyl (C=O) groups is 1. The molecule has 10 heteroatoms. The molecule has 0 bridgehead atoms. The molecular formula is C25H21ClFN5O3. The lowest BCUT2D eigenvalue weighted by molar-refractivity contribution is 0.167. The van der Waals surface area contributed by atoms with E-state index in [1.807, 2.05) is 12.2 Å². The molecule has 1 aliphatic carbocycles. The number of amides is 1. The third-order valence-corrected chi connectivity index (χ3v) is 6.04. The highest BCUT2D eigenvalue weighted by molar-refractivity contribution is 6.35. The molecule has 178 valence electrons. The van der Waals surface area contributed by atoms with Gasteiger partial charge in [-0.1, -0.05) is 29.8 Å². The molecule has 0 spiro atoms. The van der Waals surface area contributed by atoms with Gasteiger partial charge in [0, 0.05) is 22.4 Å². The second-order valence-electron chi connectivity index (χ2n) is 8.09. The molecule has 35 heavy (non-hydrogen) atoms. The summed E-state index contributed by atoms with van der Waals surface area (Å²) in [5, 5.41) is 11.1. The number of hydrogen-bond donors (Lipinski definition) is 3. The van der Waals surface area contributed by atoms with Gasteiger partial charge in [0.15, 0.2) is 0 Å². The van der Waals surface area contributed by atoms with Crippen molar-refractivity contribution in [2.45, 2.75) is 26.2 Å². The van der Waals surface area contributed by atoms with E-state index in [2.05, 4.69) is 25.5 Å². The van der Waals surface area contributed by atoms with Crippen molar-refractivity contribution in [2.75, 3.05) is 11.9 Å². The van der Waals surface area contributed by atoms with Crippen LogP contribution in [0.4, 0.5) is 15.1 Å². The number of benzene rings is 2. The number of hydrogen-bond acceptors (Lipinski definition) is 5. The predicted octanol–water partition coefficient (Wildman–Crippen LogP) is 3.62. The highest BCUT2D eigenvalue weighted by Crippen LogP contribution is 2.32. The Bertz CT molecular complexity index is 1640. The molecule has 4 aromatic rings. The molecule has 1 aliphatic rings. The molecule has 8 nitrogen and oxygen atoms in total. The third-order valence-electron chi connectivity index (χ3n) is 5.75. The molecule has 2 heterocycles. The zero-order valence-corrected chi connectivity index (χ0v) is 19.5. The van der Waals surface area contributed by atoms with Gasteiger partial charge in [0.25, 0.3) is 5.56 Å². The molecule has 2 aromatic carbocycles. The van der Waals surface area contributed by atoms with Crippen molar-refractivity contribution in [1.29, 1.82) is 0 Å². The molecule has 0 radical (unpaired) electrons. The number of imidazole rings is 1. The number of anilines is 1. The number of aromatic nitrogens is 4. The quantitative estimate of drug-likeness (QED) is 0.393. The van der Waals surface area contributed by atoms with Crippen molar-refractivity contribution in [3.05, 3.63) is 73.2 Å². The van der Waals surface area contributed by atoms with Gasteiger partial charge in [-0.3, -0.25) is 10.1 Å². The Balaban J connectivity index is 1.51. The topological polar surface area (TPSA) is 113 Å². The highest BCUT2D eigenvalue weighted by atomic mass is 35.5. The van der Waals surface area contributed by atoms with Crippen LogP contribution in [-0.2, 0) is 11.2 Å². The smallest absolute Gasteiger partial charge is 0.413 e. The summed E-state index contributed by atoms with van der Waals surface area (Å²) in [4.78, 5) is 31.1. The summed E-state index contributed by atoms with van der Waals surface area (Å²) in [6, 6.07) is 8.19. The van der Waals surface area contributed by atoms with Gasteiger partial charge in [0.05, 0.1) is 22.8 Å². The number of halogens is 2. The minimum Gasteiger partial charge on any atom is -0.450 e. The molecule has 0 fully saturated rings. The van der Waals surface area contributed by atoms with E-state index in [9.17, 15) is 14.0 Å². The maximum absolute atomic E-state index is 14.9. The Morgan fingerprint density at radius 3 is 2.80 bits per heavy atom. The van der Waals surface area contributed by atoms with Crippen molar-refractivity contribution in [3.8, 4) is 11.1 Å². The maximum Gasteiger partial charge on any atom is 0.413 e. The van der Waals surface area contributed by atoms with Crippen molar-refractivity contribution < 1.29 is 13.9 Å². The number of ether oxygens (including phenoxy) is 1. The molecular weight excluding hydrogens is 473 g/mol. The Morgan fingerprint density at radius 1 is 1.20 bits per heavy atom. The first-order chi connectivity index (χ1) is 16.9. The summed E-state index contributed by atoms with van der Waals surface area (Å²) < 4.78 is 19.8. The summed E-state index contributed by atoms with van der Waals surface area (Å²) in [6.45, 7) is 1.92. The maximum atomic E-state index is 14.9. The summed E-state index contributed by atoms with van der Waals surface area (Å²) in [5.41, 5.74) is 3.22. The van der Waals surface area contributed by atoms with Crippen molar-refractivity contribution in [3.63, 3.8) is 0 Å². The van der Waals surface area contributed by atoms with E-state index in [1.54, 1.807) is 31.2 Å². The molecule has 0 unspecified atom stereocenters. The minimum absolute atomic E-state index is 0.175.